The van der Waals surface area contributed by atoms with E-state index in [1.54, 1.807) is 12.1 Å². The number of carbonyl (C=O) groups excluding carboxylic acids is 1. The van der Waals surface area contributed by atoms with Crippen LogP contribution in [-0.4, -0.2) is 32.3 Å². The molecule has 2 rings (SSSR count). The summed E-state index contributed by atoms with van der Waals surface area (Å²) in [5.41, 5.74) is -0.207. The van der Waals surface area contributed by atoms with Gasteiger partial charge in [-0.05, 0) is 35.9 Å². The molecule has 0 amide bonds. The number of nitrogens with zero attached hydrogens (tertiary/aromatic N) is 1. The first kappa shape index (κ1) is 21.6. The zero-order chi connectivity index (χ0) is 20.9. The van der Waals surface area contributed by atoms with Crippen LogP contribution in [-0.2, 0) is 27.5 Å². The molecule has 9 heteroatoms. The molecule has 0 heterocycles. The summed E-state index contributed by atoms with van der Waals surface area (Å²) in [4.78, 5) is 11.0. The number of halogens is 3. The first-order chi connectivity index (χ1) is 13.1. The van der Waals surface area contributed by atoms with Gasteiger partial charge in [-0.1, -0.05) is 24.3 Å². The molecule has 28 heavy (non-hydrogen) atoms. The lowest BCUT2D eigenvalue weighted by Crippen LogP contribution is -2.31. The van der Waals surface area contributed by atoms with Gasteiger partial charge in [-0.3, -0.25) is 0 Å². The van der Waals surface area contributed by atoms with Gasteiger partial charge in [0.15, 0.2) is 0 Å². The van der Waals surface area contributed by atoms with Crippen molar-refractivity contribution in [2.45, 2.75) is 17.6 Å². The van der Waals surface area contributed by atoms with Gasteiger partial charge in [-0.2, -0.15) is 17.5 Å². The van der Waals surface area contributed by atoms with E-state index in [1.165, 1.54) is 25.3 Å². The van der Waals surface area contributed by atoms with Crippen LogP contribution in [0, 0.1) is 0 Å². The number of rotatable bonds is 7. The van der Waals surface area contributed by atoms with Gasteiger partial charge in [0.05, 0.1) is 23.1 Å². The number of esters is 1. The molecule has 0 N–H and O–H groups in total. The lowest BCUT2D eigenvalue weighted by molar-refractivity contribution is -0.137. The molecule has 0 aromatic heterocycles. The first-order valence-electron chi connectivity index (χ1n) is 8.05. The van der Waals surface area contributed by atoms with E-state index in [0.29, 0.717) is 17.2 Å². The van der Waals surface area contributed by atoms with Crippen LogP contribution in [0.5, 0.6) is 0 Å². The Labute approximate surface area is 161 Å². The van der Waals surface area contributed by atoms with Crippen LogP contribution in [0.2, 0.25) is 0 Å². The molecule has 0 saturated carbocycles. The monoisotopic (exact) mass is 413 g/mol. The molecule has 150 valence electrons. The number of carbonyl (C=O) groups is 1. The van der Waals surface area contributed by atoms with Gasteiger partial charge in [0.25, 0.3) is 0 Å². The van der Waals surface area contributed by atoms with Crippen LogP contribution in [0.15, 0.2) is 66.1 Å². The molecule has 0 unspecified atom stereocenters. The molecule has 0 spiro atoms. The molecule has 0 saturated heterocycles. The van der Waals surface area contributed by atoms with Gasteiger partial charge in [-0.25, -0.2) is 13.2 Å². The van der Waals surface area contributed by atoms with Crippen molar-refractivity contribution in [1.29, 1.82) is 0 Å². The summed E-state index contributed by atoms with van der Waals surface area (Å²) in [7, 11) is -2.97. The van der Waals surface area contributed by atoms with Gasteiger partial charge in [0.1, 0.15) is 0 Å². The van der Waals surface area contributed by atoms with Crippen molar-refractivity contribution < 1.29 is 31.1 Å². The van der Waals surface area contributed by atoms with Crippen LogP contribution in [0.1, 0.15) is 21.5 Å². The maximum absolute atomic E-state index is 12.9. The molecule has 0 bridgehead atoms. The Hall–Kier alpha value is -2.65. The fourth-order valence-corrected chi connectivity index (χ4v) is 3.89. The standard InChI is InChI=1S/C19H18F3NO4S/c1-3-11-23(13-14-7-9-15(10-8-14)18(24)27-2)28(25,26)17-6-4-5-16(12-17)19(20,21)22/h3-10,12H,1,11,13H2,2H3. The summed E-state index contributed by atoms with van der Waals surface area (Å²) in [6, 6.07) is 9.62. The third-order valence-corrected chi connectivity index (χ3v) is 5.67. The highest BCUT2D eigenvalue weighted by atomic mass is 32.2. The van der Waals surface area contributed by atoms with E-state index in [4.69, 9.17) is 0 Å². The Kier molecular flexibility index (Phi) is 6.63. The molecule has 0 aliphatic heterocycles. The highest BCUT2D eigenvalue weighted by molar-refractivity contribution is 7.89. The largest absolute Gasteiger partial charge is 0.465 e. The third-order valence-electron chi connectivity index (χ3n) is 3.87. The SMILES string of the molecule is C=CCN(Cc1ccc(C(=O)OC)cc1)S(=O)(=O)c1cccc(C(F)(F)F)c1. The summed E-state index contributed by atoms with van der Waals surface area (Å²) < 4.78 is 70.1. The summed E-state index contributed by atoms with van der Waals surface area (Å²) in [6.07, 6.45) is -3.31. The maximum Gasteiger partial charge on any atom is 0.416 e. The van der Waals surface area contributed by atoms with E-state index >= 15 is 0 Å². The summed E-state index contributed by atoms with van der Waals surface area (Å²) >= 11 is 0. The molecular weight excluding hydrogens is 395 g/mol. The molecule has 0 radical (unpaired) electrons. The normalized spacial score (nSPS) is 12.0. The Morgan fingerprint density at radius 1 is 1.18 bits per heavy atom. The van der Waals surface area contributed by atoms with Gasteiger partial charge in [0.2, 0.25) is 10.0 Å². The van der Waals surface area contributed by atoms with Gasteiger partial charge < -0.3 is 4.74 Å². The fourth-order valence-electron chi connectivity index (χ4n) is 2.44. The summed E-state index contributed by atoms with van der Waals surface area (Å²) in [5, 5.41) is 0. The highest BCUT2D eigenvalue weighted by Crippen LogP contribution is 2.31. The van der Waals surface area contributed by atoms with Crippen LogP contribution < -0.4 is 0 Å². The van der Waals surface area contributed by atoms with Crippen molar-refractivity contribution in [2.24, 2.45) is 0 Å². The molecule has 0 aliphatic rings. The average molecular weight is 413 g/mol. The van der Waals surface area contributed by atoms with E-state index in [9.17, 15) is 26.4 Å². The minimum Gasteiger partial charge on any atom is -0.465 e. The minimum atomic E-state index is -4.65. The Balaban J connectivity index is 2.34. The third kappa shape index (κ3) is 4.99. The van der Waals surface area contributed by atoms with Crippen molar-refractivity contribution >= 4 is 16.0 Å². The second-order valence-electron chi connectivity index (χ2n) is 5.80. The highest BCUT2D eigenvalue weighted by Gasteiger charge is 2.32. The minimum absolute atomic E-state index is 0.0999. The molecule has 2 aromatic rings. The van der Waals surface area contributed by atoms with Gasteiger partial charge in [0, 0.05) is 13.1 Å². The van der Waals surface area contributed by atoms with Crippen molar-refractivity contribution in [1.82, 2.24) is 4.31 Å². The van der Waals surface area contributed by atoms with Crippen molar-refractivity contribution in [2.75, 3.05) is 13.7 Å². The van der Waals surface area contributed by atoms with Crippen molar-refractivity contribution in [3.05, 3.63) is 77.9 Å². The van der Waals surface area contributed by atoms with E-state index in [1.807, 2.05) is 0 Å². The van der Waals surface area contributed by atoms with E-state index in [2.05, 4.69) is 11.3 Å². The number of methoxy groups -OCH3 is 1. The van der Waals surface area contributed by atoms with Crippen LogP contribution >= 0.6 is 0 Å². The Bertz CT molecular complexity index is 954. The van der Waals surface area contributed by atoms with E-state index in [0.717, 1.165) is 22.5 Å². The number of hydrogen-bond donors (Lipinski definition) is 0. The molecular formula is C19H18F3NO4S. The zero-order valence-corrected chi connectivity index (χ0v) is 15.8. The topological polar surface area (TPSA) is 63.7 Å². The second-order valence-corrected chi connectivity index (χ2v) is 7.74. The molecule has 0 fully saturated rings. The van der Waals surface area contributed by atoms with Crippen LogP contribution in [0.25, 0.3) is 0 Å². The van der Waals surface area contributed by atoms with Crippen LogP contribution in [0.4, 0.5) is 13.2 Å². The molecule has 0 aliphatic carbocycles. The van der Waals surface area contributed by atoms with Gasteiger partial charge >= 0.3 is 12.1 Å². The Morgan fingerprint density at radius 2 is 1.82 bits per heavy atom. The molecule has 0 atom stereocenters. The summed E-state index contributed by atoms with van der Waals surface area (Å²) in [6.45, 7) is 3.30. The average Bonchev–Trinajstić information content (AvgIpc) is 2.67. The molecule has 5 nitrogen and oxygen atoms in total. The van der Waals surface area contributed by atoms with Crippen LogP contribution in [0.3, 0.4) is 0 Å². The van der Waals surface area contributed by atoms with E-state index < -0.39 is 32.6 Å². The number of benzene rings is 2. The van der Waals surface area contributed by atoms with Crippen molar-refractivity contribution in [3.63, 3.8) is 0 Å². The number of ether oxygens (including phenoxy) is 1. The fraction of sp³-hybridized carbons (Fsp3) is 0.211. The second kappa shape index (κ2) is 8.57. The zero-order valence-electron chi connectivity index (χ0n) is 14.9. The maximum atomic E-state index is 12.9. The molecule has 2 aromatic carbocycles. The number of alkyl halides is 3. The predicted octanol–water partition coefficient (Wildman–Crippen LogP) is 3.87. The van der Waals surface area contributed by atoms with E-state index in [-0.39, 0.29) is 13.1 Å². The Morgan fingerprint density at radius 3 is 2.36 bits per heavy atom. The quantitative estimate of drug-likeness (QED) is 0.511. The van der Waals surface area contributed by atoms with Crippen molar-refractivity contribution in [3.8, 4) is 0 Å². The lowest BCUT2D eigenvalue weighted by atomic mass is 10.1. The first-order valence-corrected chi connectivity index (χ1v) is 9.49. The number of hydrogen-bond acceptors (Lipinski definition) is 4. The predicted molar refractivity (Wildman–Crippen MR) is 97.0 cm³/mol. The number of sulfonamides is 1. The smallest absolute Gasteiger partial charge is 0.416 e. The van der Waals surface area contributed by atoms with Gasteiger partial charge in [-0.15, -0.1) is 6.58 Å². The summed E-state index contributed by atoms with van der Waals surface area (Å²) in [5.74, 6) is -0.536. The lowest BCUT2D eigenvalue weighted by Gasteiger charge is -2.21.